The third-order valence-corrected chi connectivity index (χ3v) is 2.78. The molecule has 17 heavy (non-hydrogen) atoms. The molecular formula is C10H4ClN3O3. The molecule has 6 nitrogen and oxygen atoms in total. The number of rotatable bonds is 1. The highest BCUT2D eigenvalue weighted by Gasteiger charge is 2.13. The molecule has 3 rings (SSSR count). The van der Waals surface area contributed by atoms with Gasteiger partial charge in [-0.15, -0.1) is 5.10 Å². The molecule has 0 saturated heterocycles. The molecule has 1 aromatic heterocycles. The van der Waals surface area contributed by atoms with Gasteiger partial charge in [0.25, 0.3) is 5.69 Å². The zero-order valence-corrected chi connectivity index (χ0v) is 9.01. The van der Waals surface area contributed by atoms with E-state index in [2.05, 4.69) is 10.4 Å². The minimum Gasteiger partial charge on any atom is -0.336 e. The molecule has 0 radical (unpaired) electrons. The summed E-state index contributed by atoms with van der Waals surface area (Å²) in [5.74, 6) is 0. The number of hydrogen-bond acceptors (Lipinski definition) is 5. The highest BCUT2D eigenvalue weighted by molar-refractivity contribution is 6.36. The van der Waals surface area contributed by atoms with Crippen molar-refractivity contribution in [2.75, 3.05) is 0 Å². The van der Waals surface area contributed by atoms with Crippen LogP contribution >= 0.6 is 11.6 Å². The Kier molecular flexibility index (Phi) is 1.99. The lowest BCUT2D eigenvalue weighted by molar-refractivity contribution is -0.384. The van der Waals surface area contributed by atoms with Gasteiger partial charge in [0, 0.05) is 22.8 Å². The summed E-state index contributed by atoms with van der Waals surface area (Å²) in [4.78, 5) is 10.2. The minimum absolute atomic E-state index is 0.000362. The summed E-state index contributed by atoms with van der Waals surface area (Å²) in [6, 6.07) is 6.04. The predicted octanol–water partition coefficient (Wildman–Crippen LogP) is 2.94. The molecule has 0 atom stereocenters. The van der Waals surface area contributed by atoms with Crippen molar-refractivity contribution in [2.24, 2.45) is 0 Å². The summed E-state index contributed by atoms with van der Waals surface area (Å²) in [5, 5.41) is 19.5. The van der Waals surface area contributed by atoms with Gasteiger partial charge in [0.05, 0.1) is 9.95 Å². The molecule has 0 N–H and O–H groups in total. The lowest BCUT2D eigenvalue weighted by Crippen LogP contribution is -1.87. The van der Waals surface area contributed by atoms with Crippen molar-refractivity contribution in [2.45, 2.75) is 0 Å². The number of aromatic nitrogens is 2. The van der Waals surface area contributed by atoms with E-state index in [1.807, 2.05) is 0 Å². The smallest absolute Gasteiger partial charge is 0.270 e. The normalized spacial score (nSPS) is 11.1. The summed E-state index contributed by atoms with van der Waals surface area (Å²) in [7, 11) is 0. The molecule has 0 aliphatic heterocycles. The topological polar surface area (TPSA) is 82.1 Å². The highest BCUT2D eigenvalue weighted by Crippen LogP contribution is 2.31. The van der Waals surface area contributed by atoms with Crippen LogP contribution < -0.4 is 0 Å². The Bertz CT molecular complexity index is 753. The van der Waals surface area contributed by atoms with Crippen LogP contribution in [-0.2, 0) is 0 Å². The van der Waals surface area contributed by atoms with Crippen molar-refractivity contribution >= 4 is 39.2 Å². The molecule has 0 aliphatic carbocycles. The van der Waals surface area contributed by atoms with Crippen LogP contribution in [0.3, 0.4) is 0 Å². The first-order chi connectivity index (χ1) is 8.16. The summed E-state index contributed by atoms with van der Waals surface area (Å²) in [6.07, 6.45) is 0. The van der Waals surface area contributed by atoms with E-state index < -0.39 is 4.92 Å². The van der Waals surface area contributed by atoms with Gasteiger partial charge in [-0.2, -0.15) is 0 Å². The second-order valence-electron chi connectivity index (χ2n) is 3.47. The summed E-state index contributed by atoms with van der Waals surface area (Å²) in [5.41, 5.74) is 0.885. The van der Waals surface area contributed by atoms with Crippen LogP contribution in [0.25, 0.3) is 21.9 Å². The zero-order valence-electron chi connectivity index (χ0n) is 8.25. The van der Waals surface area contributed by atoms with E-state index in [0.29, 0.717) is 26.9 Å². The molecule has 0 unspecified atom stereocenters. The van der Waals surface area contributed by atoms with Crippen molar-refractivity contribution in [1.82, 2.24) is 10.4 Å². The number of nitro groups is 1. The first kappa shape index (κ1) is 9.98. The number of hydrogen-bond donors (Lipinski definition) is 0. The van der Waals surface area contributed by atoms with Gasteiger partial charge in [0.1, 0.15) is 0 Å². The van der Waals surface area contributed by atoms with E-state index in [1.165, 1.54) is 12.1 Å². The fraction of sp³-hybridized carbons (Fsp3) is 0. The quantitative estimate of drug-likeness (QED) is 0.489. The fourth-order valence-electron chi connectivity index (χ4n) is 1.72. The Morgan fingerprint density at radius 1 is 1.35 bits per heavy atom. The molecular weight excluding hydrogens is 246 g/mol. The van der Waals surface area contributed by atoms with Gasteiger partial charge < -0.3 is 4.52 Å². The van der Waals surface area contributed by atoms with Crippen LogP contribution in [0.4, 0.5) is 5.69 Å². The van der Waals surface area contributed by atoms with Crippen LogP contribution in [0.15, 0.2) is 28.8 Å². The van der Waals surface area contributed by atoms with Crippen LogP contribution in [0.1, 0.15) is 0 Å². The van der Waals surface area contributed by atoms with E-state index in [4.69, 9.17) is 16.1 Å². The Morgan fingerprint density at radius 3 is 2.94 bits per heavy atom. The van der Waals surface area contributed by atoms with Crippen molar-refractivity contribution < 1.29 is 9.45 Å². The van der Waals surface area contributed by atoms with Gasteiger partial charge in [-0.05, 0) is 17.5 Å². The maximum Gasteiger partial charge on any atom is 0.270 e. The molecule has 1 heterocycles. The van der Waals surface area contributed by atoms with Crippen LogP contribution in [-0.4, -0.2) is 15.3 Å². The summed E-state index contributed by atoms with van der Waals surface area (Å²) < 4.78 is 5.00. The number of benzene rings is 2. The molecule has 2 aromatic carbocycles. The van der Waals surface area contributed by atoms with E-state index in [-0.39, 0.29) is 5.69 Å². The van der Waals surface area contributed by atoms with Gasteiger partial charge in [-0.25, -0.2) is 0 Å². The zero-order chi connectivity index (χ0) is 12.0. The molecule has 0 fully saturated rings. The third kappa shape index (κ3) is 1.42. The SMILES string of the molecule is O=[N+]([O-])c1ccc2c(c1)cc(Cl)c1nnoc12. The van der Waals surface area contributed by atoms with Crippen molar-refractivity contribution in [3.8, 4) is 0 Å². The second-order valence-corrected chi connectivity index (χ2v) is 3.88. The molecule has 0 aliphatic rings. The van der Waals surface area contributed by atoms with Gasteiger partial charge >= 0.3 is 0 Å². The highest BCUT2D eigenvalue weighted by atomic mass is 35.5. The molecule has 0 spiro atoms. The van der Waals surface area contributed by atoms with E-state index in [1.54, 1.807) is 12.1 Å². The second kappa shape index (κ2) is 3.39. The molecule has 0 bridgehead atoms. The van der Waals surface area contributed by atoms with E-state index in [9.17, 15) is 10.1 Å². The van der Waals surface area contributed by atoms with Crippen molar-refractivity contribution in [3.05, 3.63) is 39.4 Å². The first-order valence-electron chi connectivity index (χ1n) is 4.65. The summed E-state index contributed by atoms with van der Waals surface area (Å²) >= 11 is 5.98. The van der Waals surface area contributed by atoms with Gasteiger partial charge in [0.2, 0.25) is 0 Å². The number of nitrogens with zero attached hydrogens (tertiary/aromatic N) is 3. The van der Waals surface area contributed by atoms with Gasteiger partial charge in [-0.3, -0.25) is 10.1 Å². The Hall–Kier alpha value is -2.21. The van der Waals surface area contributed by atoms with Gasteiger partial charge in [-0.1, -0.05) is 11.6 Å². The van der Waals surface area contributed by atoms with Crippen LogP contribution in [0.5, 0.6) is 0 Å². The predicted molar refractivity (Wildman–Crippen MR) is 61.0 cm³/mol. The van der Waals surface area contributed by atoms with Crippen molar-refractivity contribution in [1.29, 1.82) is 0 Å². The summed E-state index contributed by atoms with van der Waals surface area (Å²) in [6.45, 7) is 0. The van der Waals surface area contributed by atoms with E-state index >= 15 is 0 Å². The maximum absolute atomic E-state index is 10.7. The number of non-ortho nitro benzene ring substituents is 1. The monoisotopic (exact) mass is 249 g/mol. The van der Waals surface area contributed by atoms with Gasteiger partial charge in [0.15, 0.2) is 11.1 Å². The minimum atomic E-state index is -0.462. The number of nitro benzene ring substituents is 1. The Labute approximate surface area is 98.9 Å². The molecule has 0 saturated carbocycles. The lowest BCUT2D eigenvalue weighted by Gasteiger charge is -1.99. The first-order valence-corrected chi connectivity index (χ1v) is 5.03. The fourth-order valence-corrected chi connectivity index (χ4v) is 1.96. The molecule has 0 amide bonds. The number of fused-ring (bicyclic) bond motifs is 3. The van der Waals surface area contributed by atoms with Crippen LogP contribution in [0, 0.1) is 10.1 Å². The lowest BCUT2D eigenvalue weighted by atomic mass is 10.1. The maximum atomic E-state index is 10.7. The average Bonchev–Trinajstić information content (AvgIpc) is 2.78. The Balaban J connectivity index is 2.45. The average molecular weight is 250 g/mol. The molecule has 7 heteroatoms. The number of halogens is 1. The van der Waals surface area contributed by atoms with Crippen LogP contribution in [0.2, 0.25) is 5.02 Å². The van der Waals surface area contributed by atoms with Crippen molar-refractivity contribution in [3.63, 3.8) is 0 Å². The molecule has 3 aromatic rings. The third-order valence-electron chi connectivity index (χ3n) is 2.49. The molecule has 84 valence electrons. The Morgan fingerprint density at radius 2 is 2.18 bits per heavy atom. The van der Waals surface area contributed by atoms with E-state index in [0.717, 1.165) is 0 Å². The largest absolute Gasteiger partial charge is 0.336 e. The standard InChI is InChI=1S/C10H4ClN3O3/c11-8-4-5-3-6(14(15)16)1-2-7(5)10-9(8)12-13-17-10/h1-4H.